The highest BCUT2D eigenvalue weighted by Crippen LogP contribution is 2.41. The summed E-state index contributed by atoms with van der Waals surface area (Å²) in [6, 6.07) is 0.273. The lowest BCUT2D eigenvalue weighted by Gasteiger charge is -2.57. The summed E-state index contributed by atoms with van der Waals surface area (Å²) in [4.78, 5) is 14.1. The third-order valence-electron chi connectivity index (χ3n) is 3.89. The Morgan fingerprint density at radius 2 is 2.11 bits per heavy atom. The molecule has 0 radical (unpaired) electrons. The van der Waals surface area contributed by atoms with Crippen molar-refractivity contribution in [2.45, 2.75) is 64.6 Å². The third-order valence-corrected chi connectivity index (χ3v) is 3.89. The number of carbonyl (C=O) groups excluding carboxylic acids is 1. The van der Waals surface area contributed by atoms with Crippen LogP contribution in [-0.2, 0) is 4.74 Å². The fraction of sp³-hybridized carbons (Fsp3) is 0.929. The van der Waals surface area contributed by atoms with E-state index in [2.05, 4.69) is 19.2 Å². The van der Waals surface area contributed by atoms with Gasteiger partial charge in [0.25, 0.3) is 0 Å². The molecule has 0 aromatic rings. The van der Waals surface area contributed by atoms with E-state index in [-0.39, 0.29) is 17.7 Å². The second-order valence-corrected chi connectivity index (χ2v) is 6.98. The number of hydrogen-bond acceptors (Lipinski definition) is 3. The van der Waals surface area contributed by atoms with E-state index >= 15 is 0 Å². The van der Waals surface area contributed by atoms with Crippen LogP contribution in [-0.4, -0.2) is 41.3 Å². The molecule has 4 nitrogen and oxygen atoms in total. The highest BCUT2D eigenvalue weighted by atomic mass is 16.6. The minimum absolute atomic E-state index is 0.158. The van der Waals surface area contributed by atoms with Gasteiger partial charge in [-0.3, -0.25) is 0 Å². The van der Waals surface area contributed by atoms with Crippen LogP contribution in [0.25, 0.3) is 0 Å². The molecule has 2 atom stereocenters. The maximum absolute atomic E-state index is 12.2. The van der Waals surface area contributed by atoms with Gasteiger partial charge in [-0.15, -0.1) is 0 Å². The van der Waals surface area contributed by atoms with Crippen LogP contribution in [0.15, 0.2) is 0 Å². The summed E-state index contributed by atoms with van der Waals surface area (Å²) in [6.07, 6.45) is 2.22. The Labute approximate surface area is 110 Å². The molecule has 2 rings (SSSR count). The van der Waals surface area contributed by atoms with Gasteiger partial charge in [-0.2, -0.15) is 0 Å². The smallest absolute Gasteiger partial charge is 0.410 e. The van der Waals surface area contributed by atoms with Crippen molar-refractivity contribution in [1.29, 1.82) is 0 Å². The van der Waals surface area contributed by atoms with Gasteiger partial charge in [-0.1, -0.05) is 13.8 Å². The minimum atomic E-state index is -0.412. The topological polar surface area (TPSA) is 41.6 Å². The van der Waals surface area contributed by atoms with Gasteiger partial charge in [-0.25, -0.2) is 4.79 Å². The summed E-state index contributed by atoms with van der Waals surface area (Å²) in [5.41, 5.74) is -0.254. The molecule has 2 unspecified atom stereocenters. The second-order valence-electron chi connectivity index (χ2n) is 6.98. The summed E-state index contributed by atoms with van der Waals surface area (Å²) in [7, 11) is 0. The summed E-state index contributed by atoms with van der Waals surface area (Å²) in [5.74, 6) is 0.455. The van der Waals surface area contributed by atoms with Crippen molar-refractivity contribution < 1.29 is 9.53 Å². The molecule has 0 aromatic carbocycles. The van der Waals surface area contributed by atoms with E-state index in [1.54, 1.807) is 0 Å². The Morgan fingerprint density at radius 1 is 1.44 bits per heavy atom. The molecule has 2 heterocycles. The second kappa shape index (κ2) is 4.41. The number of rotatable bonds is 1. The number of nitrogens with one attached hydrogen (secondary N) is 1. The van der Waals surface area contributed by atoms with Crippen LogP contribution >= 0.6 is 0 Å². The Bertz CT molecular complexity index is 327. The number of amides is 1. The lowest BCUT2D eigenvalue weighted by Crippen LogP contribution is -2.76. The molecule has 0 aromatic heterocycles. The first-order valence-corrected chi connectivity index (χ1v) is 7.00. The van der Waals surface area contributed by atoms with Crippen LogP contribution in [0.5, 0.6) is 0 Å². The summed E-state index contributed by atoms with van der Waals surface area (Å²) >= 11 is 0. The van der Waals surface area contributed by atoms with E-state index in [4.69, 9.17) is 4.74 Å². The molecule has 0 saturated carbocycles. The standard InChI is InChI=1S/C14H26N2O2/c1-10(2)11-14(7-6-8-15-14)9-16(11)12(17)18-13(3,4)5/h10-11,15H,6-9H2,1-5H3. The number of carbonyl (C=O) groups is 1. The number of nitrogens with zero attached hydrogens (tertiary/aromatic N) is 1. The molecule has 2 aliphatic heterocycles. The number of ether oxygens (including phenoxy) is 1. The zero-order valence-corrected chi connectivity index (χ0v) is 12.2. The van der Waals surface area contributed by atoms with Crippen molar-refractivity contribution in [2.24, 2.45) is 5.92 Å². The quantitative estimate of drug-likeness (QED) is 0.781. The molecule has 2 fully saturated rings. The monoisotopic (exact) mass is 254 g/mol. The van der Waals surface area contributed by atoms with Crippen LogP contribution in [0.4, 0.5) is 4.79 Å². The summed E-state index contributed by atoms with van der Waals surface area (Å²) < 4.78 is 5.48. The Morgan fingerprint density at radius 3 is 2.56 bits per heavy atom. The Hall–Kier alpha value is -0.770. The van der Waals surface area contributed by atoms with E-state index in [0.29, 0.717) is 5.92 Å². The van der Waals surface area contributed by atoms with Crippen LogP contribution in [0.3, 0.4) is 0 Å². The summed E-state index contributed by atoms with van der Waals surface area (Å²) in [5, 5.41) is 3.60. The molecule has 18 heavy (non-hydrogen) atoms. The molecular formula is C14H26N2O2. The van der Waals surface area contributed by atoms with Gasteiger partial charge in [0, 0.05) is 6.54 Å². The van der Waals surface area contributed by atoms with Crippen molar-refractivity contribution in [3.05, 3.63) is 0 Å². The zero-order chi connectivity index (χ0) is 13.6. The van der Waals surface area contributed by atoms with Gasteiger partial charge < -0.3 is 15.0 Å². The van der Waals surface area contributed by atoms with Crippen molar-refractivity contribution >= 4 is 6.09 Å². The van der Waals surface area contributed by atoms with Crippen molar-refractivity contribution in [3.8, 4) is 0 Å². The first-order chi connectivity index (χ1) is 8.25. The molecule has 0 aliphatic carbocycles. The van der Waals surface area contributed by atoms with E-state index < -0.39 is 5.60 Å². The normalized spacial score (nSPS) is 31.9. The molecule has 0 bridgehead atoms. The first-order valence-electron chi connectivity index (χ1n) is 7.00. The van der Waals surface area contributed by atoms with Gasteiger partial charge in [-0.05, 0) is 46.1 Å². The van der Waals surface area contributed by atoms with E-state index in [1.165, 1.54) is 12.8 Å². The van der Waals surface area contributed by atoms with Crippen LogP contribution < -0.4 is 5.32 Å². The molecule has 2 aliphatic rings. The fourth-order valence-electron chi connectivity index (χ4n) is 3.40. The maximum atomic E-state index is 12.2. The third kappa shape index (κ3) is 2.35. The predicted octanol–water partition coefficient (Wildman–Crippen LogP) is 2.38. The molecular weight excluding hydrogens is 228 g/mol. The van der Waals surface area contributed by atoms with Crippen molar-refractivity contribution in [2.75, 3.05) is 13.1 Å². The SMILES string of the molecule is CC(C)C1N(C(=O)OC(C)(C)C)CC12CCCN2. The molecule has 2 saturated heterocycles. The van der Waals surface area contributed by atoms with Crippen molar-refractivity contribution in [3.63, 3.8) is 0 Å². The van der Waals surface area contributed by atoms with Crippen LogP contribution in [0.2, 0.25) is 0 Å². The number of hydrogen-bond donors (Lipinski definition) is 1. The molecule has 4 heteroatoms. The first kappa shape index (κ1) is 13.7. The predicted molar refractivity (Wildman–Crippen MR) is 71.5 cm³/mol. The molecule has 104 valence electrons. The van der Waals surface area contributed by atoms with Gasteiger partial charge in [0.15, 0.2) is 0 Å². The zero-order valence-electron chi connectivity index (χ0n) is 12.2. The van der Waals surface area contributed by atoms with Gasteiger partial charge >= 0.3 is 6.09 Å². The largest absolute Gasteiger partial charge is 0.444 e. The van der Waals surface area contributed by atoms with Crippen molar-refractivity contribution in [1.82, 2.24) is 10.2 Å². The van der Waals surface area contributed by atoms with Gasteiger partial charge in [0.2, 0.25) is 0 Å². The minimum Gasteiger partial charge on any atom is -0.444 e. The lowest BCUT2D eigenvalue weighted by molar-refractivity contribution is -0.0634. The average Bonchev–Trinajstić information content (AvgIpc) is 2.60. The highest BCUT2D eigenvalue weighted by molar-refractivity contribution is 5.70. The van der Waals surface area contributed by atoms with E-state index in [0.717, 1.165) is 13.1 Å². The Balaban J connectivity index is 2.05. The number of likely N-dealkylation sites (tertiary alicyclic amines) is 1. The van der Waals surface area contributed by atoms with Gasteiger partial charge in [0.05, 0.1) is 11.6 Å². The Kier molecular flexibility index (Phi) is 3.34. The van der Waals surface area contributed by atoms with E-state index in [9.17, 15) is 4.79 Å². The lowest BCUT2D eigenvalue weighted by atomic mass is 9.73. The van der Waals surface area contributed by atoms with Crippen LogP contribution in [0.1, 0.15) is 47.5 Å². The van der Waals surface area contributed by atoms with E-state index in [1.807, 2.05) is 25.7 Å². The average molecular weight is 254 g/mol. The van der Waals surface area contributed by atoms with Gasteiger partial charge in [0.1, 0.15) is 5.60 Å². The fourth-order valence-corrected chi connectivity index (χ4v) is 3.40. The molecule has 1 spiro atoms. The maximum Gasteiger partial charge on any atom is 0.410 e. The molecule has 1 N–H and O–H groups in total. The highest BCUT2D eigenvalue weighted by Gasteiger charge is 2.57. The van der Waals surface area contributed by atoms with Crippen LogP contribution in [0, 0.1) is 5.92 Å². The summed E-state index contributed by atoms with van der Waals surface area (Å²) in [6.45, 7) is 12.0. The molecule has 1 amide bonds.